The number of carbonyl (C=O) groups is 1. The maximum atomic E-state index is 12.1. The third-order valence-corrected chi connectivity index (χ3v) is 4.95. The molecule has 0 aliphatic carbocycles. The fraction of sp³-hybridized carbons (Fsp3) is 0.286. The SMILES string of the molecule is Cc1cc(NC(=O)CCCS(=O)(=O)c2ccc(Cl)cc2)no1. The van der Waals surface area contributed by atoms with Crippen molar-refractivity contribution in [2.75, 3.05) is 11.1 Å². The van der Waals surface area contributed by atoms with E-state index < -0.39 is 9.84 Å². The summed E-state index contributed by atoms with van der Waals surface area (Å²) < 4.78 is 29.0. The molecule has 1 amide bonds. The maximum absolute atomic E-state index is 12.1. The minimum Gasteiger partial charge on any atom is -0.360 e. The highest BCUT2D eigenvalue weighted by molar-refractivity contribution is 7.91. The molecule has 1 aromatic heterocycles. The highest BCUT2D eigenvalue weighted by atomic mass is 35.5. The zero-order chi connectivity index (χ0) is 16.2. The van der Waals surface area contributed by atoms with Crippen molar-refractivity contribution < 1.29 is 17.7 Å². The van der Waals surface area contributed by atoms with Crippen LogP contribution < -0.4 is 5.32 Å². The molecular formula is C14H15ClN2O4S. The van der Waals surface area contributed by atoms with Gasteiger partial charge in [-0.05, 0) is 37.6 Å². The van der Waals surface area contributed by atoms with Gasteiger partial charge in [0.25, 0.3) is 0 Å². The molecule has 1 aromatic carbocycles. The third-order valence-electron chi connectivity index (χ3n) is 2.89. The summed E-state index contributed by atoms with van der Waals surface area (Å²) >= 11 is 5.73. The first-order valence-corrected chi connectivity index (χ1v) is 8.61. The lowest BCUT2D eigenvalue weighted by atomic mass is 10.3. The first kappa shape index (κ1) is 16.5. The van der Waals surface area contributed by atoms with Crippen molar-refractivity contribution in [1.82, 2.24) is 5.16 Å². The zero-order valence-electron chi connectivity index (χ0n) is 11.9. The topological polar surface area (TPSA) is 89.3 Å². The number of amides is 1. The number of sulfone groups is 1. The summed E-state index contributed by atoms with van der Waals surface area (Å²) in [5.41, 5.74) is 0. The van der Waals surface area contributed by atoms with Gasteiger partial charge < -0.3 is 9.84 Å². The molecule has 0 aliphatic heterocycles. The lowest BCUT2D eigenvalue weighted by Gasteiger charge is -2.04. The number of halogens is 1. The van der Waals surface area contributed by atoms with Gasteiger partial charge in [-0.1, -0.05) is 16.8 Å². The van der Waals surface area contributed by atoms with Crippen LogP contribution in [0.1, 0.15) is 18.6 Å². The van der Waals surface area contributed by atoms with Crippen molar-refractivity contribution in [2.24, 2.45) is 0 Å². The second kappa shape index (κ2) is 6.93. The number of nitrogens with one attached hydrogen (secondary N) is 1. The van der Waals surface area contributed by atoms with E-state index in [1.54, 1.807) is 13.0 Å². The van der Waals surface area contributed by atoms with Crippen LogP contribution >= 0.6 is 11.6 Å². The van der Waals surface area contributed by atoms with Gasteiger partial charge >= 0.3 is 0 Å². The molecule has 8 heteroatoms. The van der Waals surface area contributed by atoms with Crippen LogP contribution in [-0.4, -0.2) is 25.2 Å². The molecule has 0 fully saturated rings. The molecule has 0 radical (unpaired) electrons. The largest absolute Gasteiger partial charge is 0.360 e. The molecule has 6 nitrogen and oxygen atoms in total. The minimum atomic E-state index is -3.41. The van der Waals surface area contributed by atoms with E-state index in [4.69, 9.17) is 16.1 Å². The normalized spacial score (nSPS) is 11.4. The predicted octanol–water partition coefficient (Wildman–Crippen LogP) is 2.83. The van der Waals surface area contributed by atoms with Crippen LogP contribution in [0.4, 0.5) is 5.82 Å². The van der Waals surface area contributed by atoms with Crippen LogP contribution in [-0.2, 0) is 14.6 Å². The molecule has 1 N–H and O–H groups in total. The van der Waals surface area contributed by atoms with Gasteiger partial charge in [0.05, 0.1) is 10.6 Å². The number of anilines is 1. The van der Waals surface area contributed by atoms with Crippen LogP contribution in [0, 0.1) is 6.92 Å². The van der Waals surface area contributed by atoms with E-state index in [0.29, 0.717) is 16.6 Å². The second-order valence-corrected chi connectivity index (χ2v) is 7.29. The van der Waals surface area contributed by atoms with Gasteiger partial charge in [0.1, 0.15) is 5.76 Å². The molecule has 0 aliphatic rings. The van der Waals surface area contributed by atoms with E-state index >= 15 is 0 Å². The minimum absolute atomic E-state index is 0.0821. The molecule has 0 saturated heterocycles. The number of rotatable bonds is 6. The molecule has 0 saturated carbocycles. The highest BCUT2D eigenvalue weighted by Gasteiger charge is 2.15. The molecule has 118 valence electrons. The quantitative estimate of drug-likeness (QED) is 0.871. The number of hydrogen-bond acceptors (Lipinski definition) is 5. The summed E-state index contributed by atoms with van der Waals surface area (Å²) in [6.07, 6.45) is 0.298. The van der Waals surface area contributed by atoms with Crippen LogP contribution in [0.15, 0.2) is 39.8 Å². The van der Waals surface area contributed by atoms with E-state index in [1.165, 1.54) is 24.3 Å². The Balaban J connectivity index is 1.84. The molecule has 2 rings (SSSR count). The molecule has 22 heavy (non-hydrogen) atoms. The third kappa shape index (κ3) is 4.57. The molecule has 0 bridgehead atoms. The molecule has 0 unspecified atom stereocenters. The molecule has 0 spiro atoms. The van der Waals surface area contributed by atoms with Crippen LogP contribution in [0.25, 0.3) is 0 Å². The van der Waals surface area contributed by atoms with Gasteiger partial charge in [-0.15, -0.1) is 0 Å². The van der Waals surface area contributed by atoms with Crippen molar-refractivity contribution in [3.05, 3.63) is 41.1 Å². The Kier molecular flexibility index (Phi) is 5.20. The van der Waals surface area contributed by atoms with Gasteiger partial charge in [-0.25, -0.2) is 8.42 Å². The number of nitrogens with zero attached hydrogens (tertiary/aromatic N) is 1. The van der Waals surface area contributed by atoms with Gasteiger partial charge in [-0.2, -0.15) is 0 Å². The number of benzene rings is 1. The summed E-state index contributed by atoms with van der Waals surface area (Å²) in [6, 6.07) is 7.54. The summed E-state index contributed by atoms with van der Waals surface area (Å²) in [4.78, 5) is 11.9. The van der Waals surface area contributed by atoms with Gasteiger partial charge in [0.2, 0.25) is 5.91 Å². The summed E-state index contributed by atoms with van der Waals surface area (Å²) in [5.74, 6) is 0.489. The Morgan fingerprint density at radius 3 is 2.59 bits per heavy atom. The van der Waals surface area contributed by atoms with Crippen molar-refractivity contribution in [2.45, 2.75) is 24.7 Å². The van der Waals surface area contributed by atoms with Crippen LogP contribution in [0.5, 0.6) is 0 Å². The monoisotopic (exact) mass is 342 g/mol. The smallest absolute Gasteiger partial charge is 0.225 e. The molecule has 0 atom stereocenters. The van der Waals surface area contributed by atoms with Crippen molar-refractivity contribution in [3.8, 4) is 0 Å². The Morgan fingerprint density at radius 1 is 1.32 bits per heavy atom. The van der Waals surface area contributed by atoms with Crippen LogP contribution in [0.2, 0.25) is 5.02 Å². The molecule has 1 heterocycles. The summed E-state index contributed by atoms with van der Waals surface area (Å²) in [5, 5.41) is 6.64. The van der Waals surface area contributed by atoms with E-state index in [2.05, 4.69) is 10.5 Å². The van der Waals surface area contributed by atoms with Gasteiger partial charge in [-0.3, -0.25) is 4.79 Å². The van der Waals surface area contributed by atoms with Gasteiger partial charge in [0, 0.05) is 17.5 Å². The van der Waals surface area contributed by atoms with E-state index in [0.717, 1.165) is 0 Å². The maximum Gasteiger partial charge on any atom is 0.225 e. The van der Waals surface area contributed by atoms with Crippen molar-refractivity contribution >= 4 is 33.2 Å². The Bertz CT molecular complexity index is 753. The number of aryl methyl sites for hydroxylation is 1. The van der Waals surface area contributed by atoms with Crippen molar-refractivity contribution in [1.29, 1.82) is 0 Å². The molecular weight excluding hydrogens is 328 g/mol. The Labute approximate surface area is 133 Å². The zero-order valence-corrected chi connectivity index (χ0v) is 13.4. The Morgan fingerprint density at radius 2 is 2.00 bits per heavy atom. The first-order valence-electron chi connectivity index (χ1n) is 6.58. The lowest BCUT2D eigenvalue weighted by molar-refractivity contribution is -0.116. The fourth-order valence-electron chi connectivity index (χ4n) is 1.81. The molecule has 2 aromatic rings. The second-order valence-electron chi connectivity index (χ2n) is 4.75. The summed E-state index contributed by atoms with van der Waals surface area (Å²) in [7, 11) is -3.41. The van der Waals surface area contributed by atoms with E-state index in [1.807, 2.05) is 0 Å². The van der Waals surface area contributed by atoms with Crippen LogP contribution in [0.3, 0.4) is 0 Å². The lowest BCUT2D eigenvalue weighted by Crippen LogP contribution is -2.14. The predicted molar refractivity (Wildman–Crippen MR) is 82.6 cm³/mol. The average Bonchev–Trinajstić information content (AvgIpc) is 2.84. The number of carbonyl (C=O) groups excluding carboxylic acids is 1. The van der Waals surface area contributed by atoms with Gasteiger partial charge in [0.15, 0.2) is 15.7 Å². The van der Waals surface area contributed by atoms with E-state index in [9.17, 15) is 13.2 Å². The fourth-order valence-corrected chi connectivity index (χ4v) is 3.25. The van der Waals surface area contributed by atoms with Crippen molar-refractivity contribution in [3.63, 3.8) is 0 Å². The first-order chi connectivity index (χ1) is 10.4. The number of hydrogen-bond donors (Lipinski definition) is 1. The van der Waals surface area contributed by atoms with E-state index in [-0.39, 0.29) is 29.4 Å². The number of aromatic nitrogens is 1. The Hall–Kier alpha value is -1.86. The summed E-state index contributed by atoms with van der Waals surface area (Å²) in [6.45, 7) is 1.71. The average molecular weight is 343 g/mol. The standard InChI is InChI=1S/C14H15ClN2O4S/c1-10-9-13(17-21-10)16-14(18)3-2-8-22(19,20)12-6-4-11(15)5-7-12/h4-7,9H,2-3,8H2,1H3,(H,16,17,18). The highest BCUT2D eigenvalue weighted by Crippen LogP contribution is 2.16.